The number of azide groups is 1. The van der Waals surface area contributed by atoms with Crippen molar-refractivity contribution in [3.63, 3.8) is 0 Å². The maximum Gasteiger partial charge on any atom is 0.416 e. The summed E-state index contributed by atoms with van der Waals surface area (Å²) in [5.74, 6) is 4.20. The first-order valence-electron chi connectivity index (χ1n) is 4.34. The third-order valence-electron chi connectivity index (χ3n) is 1.69. The number of phenols is 1. The van der Waals surface area contributed by atoms with Crippen molar-refractivity contribution in [3.05, 3.63) is 39.8 Å². The van der Waals surface area contributed by atoms with Crippen molar-refractivity contribution in [2.45, 2.75) is 6.18 Å². The third-order valence-corrected chi connectivity index (χ3v) is 1.69. The Balaban J connectivity index is 3.04. The highest BCUT2D eigenvalue weighted by Crippen LogP contribution is 2.32. The van der Waals surface area contributed by atoms with Crippen LogP contribution >= 0.6 is 0 Å². The SMILES string of the molecule is [N-]=[N+]=NCC#Cc1cc(O)cc(C(F)(F)F)c1. The van der Waals surface area contributed by atoms with Crippen LogP contribution in [-0.4, -0.2) is 11.7 Å². The Labute approximate surface area is 94.3 Å². The molecule has 0 saturated heterocycles. The molecule has 1 aromatic carbocycles. The molecule has 0 radical (unpaired) electrons. The lowest BCUT2D eigenvalue weighted by atomic mass is 10.1. The summed E-state index contributed by atoms with van der Waals surface area (Å²) in [6.45, 7) is -0.145. The molecule has 0 aliphatic carbocycles. The molecule has 0 unspecified atom stereocenters. The van der Waals surface area contributed by atoms with Gasteiger partial charge in [0.2, 0.25) is 0 Å². The van der Waals surface area contributed by atoms with Gasteiger partial charge >= 0.3 is 6.18 Å². The second-order valence-electron chi connectivity index (χ2n) is 2.96. The molecular weight excluding hydrogens is 235 g/mol. The number of benzene rings is 1. The maximum atomic E-state index is 12.4. The Morgan fingerprint density at radius 2 is 2.06 bits per heavy atom. The van der Waals surface area contributed by atoms with Crippen molar-refractivity contribution < 1.29 is 18.3 Å². The van der Waals surface area contributed by atoms with Crippen LogP contribution in [0.2, 0.25) is 0 Å². The van der Waals surface area contributed by atoms with Gasteiger partial charge in [0, 0.05) is 10.5 Å². The fraction of sp³-hybridized carbons (Fsp3) is 0.200. The van der Waals surface area contributed by atoms with Crippen molar-refractivity contribution in [2.75, 3.05) is 6.54 Å². The summed E-state index contributed by atoms with van der Waals surface area (Å²) in [6.07, 6.45) is -4.54. The monoisotopic (exact) mass is 241 g/mol. The normalized spacial score (nSPS) is 10.1. The van der Waals surface area contributed by atoms with Gasteiger partial charge in [-0.1, -0.05) is 17.0 Å². The molecule has 1 N–H and O–H groups in total. The van der Waals surface area contributed by atoms with E-state index in [0.717, 1.165) is 12.1 Å². The number of alkyl halides is 3. The van der Waals surface area contributed by atoms with Crippen LogP contribution in [0.1, 0.15) is 11.1 Å². The van der Waals surface area contributed by atoms with Crippen LogP contribution in [0.3, 0.4) is 0 Å². The molecule has 1 aromatic rings. The Morgan fingerprint density at radius 1 is 1.35 bits per heavy atom. The van der Waals surface area contributed by atoms with E-state index in [1.165, 1.54) is 0 Å². The summed E-state index contributed by atoms with van der Waals surface area (Å²) in [7, 11) is 0. The van der Waals surface area contributed by atoms with Crippen LogP contribution in [0.4, 0.5) is 13.2 Å². The molecule has 0 aliphatic heterocycles. The van der Waals surface area contributed by atoms with Crippen LogP contribution in [0.25, 0.3) is 10.4 Å². The summed E-state index contributed by atoms with van der Waals surface area (Å²) in [4.78, 5) is 2.43. The highest BCUT2D eigenvalue weighted by molar-refractivity contribution is 5.43. The van der Waals surface area contributed by atoms with Gasteiger partial charge < -0.3 is 5.11 Å². The van der Waals surface area contributed by atoms with Crippen LogP contribution in [-0.2, 0) is 6.18 Å². The molecule has 7 heteroatoms. The van der Waals surface area contributed by atoms with Gasteiger partial charge in [0.05, 0.1) is 12.1 Å². The van der Waals surface area contributed by atoms with Crippen LogP contribution < -0.4 is 0 Å². The zero-order chi connectivity index (χ0) is 12.9. The Kier molecular flexibility index (Phi) is 3.86. The molecule has 4 nitrogen and oxygen atoms in total. The van der Waals surface area contributed by atoms with Crippen molar-refractivity contribution in [2.24, 2.45) is 5.11 Å². The summed E-state index contributed by atoms with van der Waals surface area (Å²) >= 11 is 0. The van der Waals surface area contributed by atoms with Crippen molar-refractivity contribution in [1.82, 2.24) is 0 Å². The first-order chi connectivity index (χ1) is 7.93. The lowest BCUT2D eigenvalue weighted by molar-refractivity contribution is -0.137. The molecule has 17 heavy (non-hydrogen) atoms. The molecule has 0 saturated carbocycles. The summed E-state index contributed by atoms with van der Waals surface area (Å²) in [6, 6.07) is 2.51. The fourth-order valence-corrected chi connectivity index (χ4v) is 1.06. The molecule has 0 aliphatic rings. The summed E-state index contributed by atoms with van der Waals surface area (Å²) in [5, 5.41) is 12.2. The van der Waals surface area contributed by atoms with Gasteiger partial charge in [-0.2, -0.15) is 13.2 Å². The quantitative estimate of drug-likeness (QED) is 0.349. The molecule has 0 bridgehead atoms. The third kappa shape index (κ3) is 3.97. The highest BCUT2D eigenvalue weighted by Gasteiger charge is 2.31. The molecule has 0 heterocycles. The van der Waals surface area contributed by atoms with Gasteiger partial charge in [-0.15, -0.1) is 0 Å². The van der Waals surface area contributed by atoms with E-state index in [2.05, 4.69) is 21.9 Å². The highest BCUT2D eigenvalue weighted by atomic mass is 19.4. The molecule has 0 atom stereocenters. The van der Waals surface area contributed by atoms with E-state index in [1.807, 2.05) is 0 Å². The number of hydrogen-bond acceptors (Lipinski definition) is 2. The first kappa shape index (κ1) is 12.7. The van der Waals surface area contributed by atoms with Crippen LogP contribution in [0.15, 0.2) is 23.3 Å². The Bertz CT molecular complexity index is 522. The number of aromatic hydroxyl groups is 1. The average molecular weight is 241 g/mol. The largest absolute Gasteiger partial charge is 0.508 e. The molecule has 0 aromatic heterocycles. The minimum Gasteiger partial charge on any atom is -0.508 e. The van der Waals surface area contributed by atoms with Gasteiger partial charge in [0.1, 0.15) is 5.75 Å². The van der Waals surface area contributed by atoms with Gasteiger partial charge in [0.25, 0.3) is 0 Å². The first-order valence-corrected chi connectivity index (χ1v) is 4.34. The summed E-state index contributed by atoms with van der Waals surface area (Å²) < 4.78 is 37.1. The molecular formula is C10H6F3N3O. The number of nitrogens with zero attached hydrogens (tertiary/aromatic N) is 3. The topological polar surface area (TPSA) is 69.0 Å². The number of halogens is 3. The number of phenolic OH excluding ortho intramolecular Hbond substituents is 1. The molecule has 88 valence electrons. The predicted octanol–water partition coefficient (Wildman–Crippen LogP) is 3.07. The minimum absolute atomic E-state index is 0.00506. The van der Waals surface area contributed by atoms with Gasteiger partial charge in [-0.05, 0) is 23.7 Å². The van der Waals surface area contributed by atoms with E-state index >= 15 is 0 Å². The van der Waals surface area contributed by atoms with E-state index in [0.29, 0.717) is 6.07 Å². The Hall–Kier alpha value is -2.32. The molecule has 0 amide bonds. The fourth-order valence-electron chi connectivity index (χ4n) is 1.06. The summed E-state index contributed by atoms with van der Waals surface area (Å²) in [5.41, 5.74) is 6.98. The second kappa shape index (κ2) is 5.14. The predicted molar refractivity (Wildman–Crippen MR) is 54.0 cm³/mol. The maximum absolute atomic E-state index is 12.4. The van der Waals surface area contributed by atoms with E-state index in [9.17, 15) is 13.2 Å². The van der Waals surface area contributed by atoms with E-state index in [1.54, 1.807) is 0 Å². The van der Waals surface area contributed by atoms with Crippen molar-refractivity contribution in [3.8, 4) is 17.6 Å². The average Bonchev–Trinajstić information content (AvgIpc) is 2.22. The number of hydrogen-bond donors (Lipinski definition) is 1. The zero-order valence-electron chi connectivity index (χ0n) is 8.36. The van der Waals surface area contributed by atoms with Gasteiger partial charge in [-0.25, -0.2) is 0 Å². The zero-order valence-corrected chi connectivity index (χ0v) is 8.36. The lowest BCUT2D eigenvalue weighted by Gasteiger charge is -2.07. The molecule has 0 spiro atoms. The van der Waals surface area contributed by atoms with Gasteiger partial charge in [0.15, 0.2) is 0 Å². The second-order valence-corrected chi connectivity index (χ2v) is 2.96. The van der Waals surface area contributed by atoms with E-state index < -0.39 is 17.5 Å². The smallest absolute Gasteiger partial charge is 0.416 e. The number of rotatable bonds is 1. The van der Waals surface area contributed by atoms with E-state index in [4.69, 9.17) is 10.6 Å². The minimum atomic E-state index is -4.54. The molecule has 0 fully saturated rings. The lowest BCUT2D eigenvalue weighted by Crippen LogP contribution is -2.04. The van der Waals surface area contributed by atoms with Crippen LogP contribution in [0.5, 0.6) is 5.75 Å². The van der Waals surface area contributed by atoms with Crippen molar-refractivity contribution >= 4 is 0 Å². The van der Waals surface area contributed by atoms with E-state index in [-0.39, 0.29) is 12.1 Å². The standard InChI is InChI=1S/C10H6F3N3O/c11-10(12,13)8-4-7(5-9(17)6-8)2-1-3-15-16-14/h4-6,17H,3H2. The Morgan fingerprint density at radius 3 is 2.65 bits per heavy atom. The molecule has 1 rings (SSSR count). The van der Waals surface area contributed by atoms with Gasteiger partial charge in [-0.3, -0.25) is 0 Å². The van der Waals surface area contributed by atoms with Crippen LogP contribution in [0, 0.1) is 11.8 Å². The van der Waals surface area contributed by atoms with Crippen molar-refractivity contribution in [1.29, 1.82) is 0 Å².